The summed E-state index contributed by atoms with van der Waals surface area (Å²) in [5.41, 5.74) is 0.161. The first kappa shape index (κ1) is 15.5. The van der Waals surface area contributed by atoms with E-state index in [4.69, 9.17) is 11.2 Å². The molecule has 0 aromatic heterocycles. The van der Waals surface area contributed by atoms with E-state index in [9.17, 15) is 0 Å². The summed E-state index contributed by atoms with van der Waals surface area (Å²) in [5, 5.41) is 3.63. The van der Waals surface area contributed by atoms with Crippen LogP contribution in [-0.4, -0.2) is 49.3 Å². The lowest BCUT2D eigenvalue weighted by molar-refractivity contribution is -0.0243. The summed E-state index contributed by atoms with van der Waals surface area (Å²) >= 11 is 0. The molecule has 0 spiro atoms. The van der Waals surface area contributed by atoms with Crippen LogP contribution in [0.2, 0.25) is 0 Å². The highest BCUT2D eigenvalue weighted by molar-refractivity contribution is 4.95. The van der Waals surface area contributed by atoms with Crippen LogP contribution < -0.4 is 5.32 Å². The topological polar surface area (TPSA) is 24.5 Å². The molecule has 0 bridgehead atoms. The van der Waals surface area contributed by atoms with E-state index in [1.807, 2.05) is 0 Å². The fourth-order valence-corrected chi connectivity index (χ4v) is 2.72. The lowest BCUT2D eigenvalue weighted by atomic mass is 9.88. The Morgan fingerprint density at radius 3 is 2.61 bits per heavy atom. The Morgan fingerprint density at radius 2 is 2.06 bits per heavy atom. The van der Waals surface area contributed by atoms with Gasteiger partial charge in [0.25, 0.3) is 0 Å². The molecule has 0 aromatic rings. The van der Waals surface area contributed by atoms with Crippen molar-refractivity contribution in [2.75, 3.05) is 32.8 Å². The molecule has 1 heterocycles. The standard InChI is InChI=1S/C15H28N2O/c1-5-7-8-9-14(16-6-2)15(3,4)17-10-12-18-13-11-17/h1,14,16H,6-13H2,2-4H3. The number of hydrogen-bond donors (Lipinski definition) is 1. The van der Waals surface area contributed by atoms with Gasteiger partial charge >= 0.3 is 0 Å². The van der Waals surface area contributed by atoms with E-state index in [-0.39, 0.29) is 5.54 Å². The van der Waals surface area contributed by atoms with Crippen LogP contribution in [0.3, 0.4) is 0 Å². The molecule has 0 radical (unpaired) electrons. The minimum atomic E-state index is 0.161. The number of nitrogens with one attached hydrogen (secondary N) is 1. The van der Waals surface area contributed by atoms with Gasteiger partial charge in [0, 0.05) is 31.1 Å². The molecule has 1 atom stereocenters. The summed E-state index contributed by atoms with van der Waals surface area (Å²) in [4.78, 5) is 2.54. The number of nitrogens with zero attached hydrogens (tertiary/aromatic N) is 1. The Hall–Kier alpha value is -0.560. The maximum atomic E-state index is 5.44. The highest BCUT2D eigenvalue weighted by atomic mass is 16.5. The van der Waals surface area contributed by atoms with Gasteiger partial charge in [0.2, 0.25) is 0 Å². The zero-order chi connectivity index (χ0) is 13.4. The fraction of sp³-hybridized carbons (Fsp3) is 0.867. The van der Waals surface area contributed by atoms with Crippen molar-refractivity contribution < 1.29 is 4.74 Å². The maximum Gasteiger partial charge on any atom is 0.0594 e. The monoisotopic (exact) mass is 252 g/mol. The van der Waals surface area contributed by atoms with Crippen LogP contribution in [0, 0.1) is 12.3 Å². The van der Waals surface area contributed by atoms with E-state index in [2.05, 4.69) is 36.9 Å². The number of likely N-dealkylation sites (N-methyl/N-ethyl adjacent to an activating group) is 1. The quantitative estimate of drug-likeness (QED) is 0.553. The molecular formula is C15H28N2O. The molecule has 1 aliphatic heterocycles. The van der Waals surface area contributed by atoms with Gasteiger partial charge in [0.05, 0.1) is 13.2 Å². The number of ether oxygens (including phenoxy) is 1. The Balaban J connectivity index is 2.59. The van der Waals surface area contributed by atoms with Crippen LogP contribution in [0.1, 0.15) is 40.0 Å². The van der Waals surface area contributed by atoms with Crippen LogP contribution in [-0.2, 0) is 4.74 Å². The number of hydrogen-bond acceptors (Lipinski definition) is 3. The average molecular weight is 252 g/mol. The molecule has 104 valence electrons. The van der Waals surface area contributed by atoms with E-state index in [0.717, 1.165) is 52.1 Å². The zero-order valence-electron chi connectivity index (χ0n) is 12.2. The first-order valence-corrected chi connectivity index (χ1v) is 7.12. The molecule has 3 heteroatoms. The van der Waals surface area contributed by atoms with Crippen LogP contribution in [0.4, 0.5) is 0 Å². The molecule has 18 heavy (non-hydrogen) atoms. The molecule has 1 N–H and O–H groups in total. The van der Waals surface area contributed by atoms with Gasteiger partial charge in [-0.3, -0.25) is 4.90 Å². The minimum Gasteiger partial charge on any atom is -0.379 e. The fourth-order valence-electron chi connectivity index (χ4n) is 2.72. The van der Waals surface area contributed by atoms with Crippen molar-refractivity contribution in [2.24, 2.45) is 0 Å². The number of unbranched alkanes of at least 4 members (excludes halogenated alkanes) is 1. The molecule has 0 saturated carbocycles. The largest absolute Gasteiger partial charge is 0.379 e. The Kier molecular flexibility index (Phi) is 6.70. The first-order valence-electron chi connectivity index (χ1n) is 7.12. The molecular weight excluding hydrogens is 224 g/mol. The zero-order valence-corrected chi connectivity index (χ0v) is 12.2. The Bertz CT molecular complexity index is 264. The second-order valence-electron chi connectivity index (χ2n) is 5.46. The van der Waals surface area contributed by atoms with Crippen molar-refractivity contribution >= 4 is 0 Å². The summed E-state index contributed by atoms with van der Waals surface area (Å²) in [6, 6.07) is 0.494. The summed E-state index contributed by atoms with van der Waals surface area (Å²) in [6.07, 6.45) is 8.46. The molecule has 3 nitrogen and oxygen atoms in total. The summed E-state index contributed by atoms with van der Waals surface area (Å²) < 4.78 is 5.44. The molecule has 0 amide bonds. The minimum absolute atomic E-state index is 0.161. The Labute approximate surface area is 112 Å². The highest BCUT2D eigenvalue weighted by Crippen LogP contribution is 2.24. The van der Waals surface area contributed by atoms with E-state index in [1.165, 1.54) is 0 Å². The lowest BCUT2D eigenvalue weighted by Gasteiger charge is -2.46. The second-order valence-corrected chi connectivity index (χ2v) is 5.46. The highest BCUT2D eigenvalue weighted by Gasteiger charge is 2.35. The van der Waals surface area contributed by atoms with Crippen molar-refractivity contribution in [1.29, 1.82) is 0 Å². The number of morpholine rings is 1. The normalized spacial score (nSPS) is 19.4. The predicted molar refractivity (Wildman–Crippen MR) is 76.6 cm³/mol. The predicted octanol–water partition coefficient (Wildman–Crippen LogP) is 1.88. The number of rotatable bonds is 7. The van der Waals surface area contributed by atoms with Crippen molar-refractivity contribution in [3.8, 4) is 12.3 Å². The molecule has 1 fully saturated rings. The SMILES string of the molecule is C#CCCCC(NCC)C(C)(C)N1CCOCC1. The van der Waals surface area contributed by atoms with Gasteiger partial charge in [-0.15, -0.1) is 12.3 Å². The molecule has 1 saturated heterocycles. The third-order valence-electron chi connectivity index (χ3n) is 3.94. The molecule has 1 rings (SSSR count). The summed E-state index contributed by atoms with van der Waals surface area (Å²) in [7, 11) is 0. The smallest absolute Gasteiger partial charge is 0.0594 e. The third kappa shape index (κ3) is 4.28. The van der Waals surface area contributed by atoms with Gasteiger partial charge in [-0.1, -0.05) is 6.92 Å². The molecule has 0 aromatic carbocycles. The van der Waals surface area contributed by atoms with Crippen LogP contribution in [0.5, 0.6) is 0 Å². The van der Waals surface area contributed by atoms with E-state index < -0.39 is 0 Å². The molecule has 1 unspecified atom stereocenters. The summed E-state index contributed by atoms with van der Waals surface area (Å²) in [6.45, 7) is 11.6. The van der Waals surface area contributed by atoms with Gasteiger partial charge < -0.3 is 10.1 Å². The average Bonchev–Trinajstić information content (AvgIpc) is 2.39. The van der Waals surface area contributed by atoms with Crippen molar-refractivity contribution in [2.45, 2.75) is 51.6 Å². The molecule has 1 aliphatic rings. The Morgan fingerprint density at radius 1 is 1.39 bits per heavy atom. The third-order valence-corrected chi connectivity index (χ3v) is 3.94. The maximum absolute atomic E-state index is 5.44. The van der Waals surface area contributed by atoms with Gasteiger partial charge in [0.15, 0.2) is 0 Å². The first-order chi connectivity index (χ1) is 8.62. The van der Waals surface area contributed by atoms with Crippen molar-refractivity contribution in [1.82, 2.24) is 10.2 Å². The lowest BCUT2D eigenvalue weighted by Crippen LogP contribution is -2.60. The van der Waals surface area contributed by atoms with Crippen LogP contribution in [0.15, 0.2) is 0 Å². The van der Waals surface area contributed by atoms with Gasteiger partial charge in [-0.2, -0.15) is 0 Å². The van der Waals surface area contributed by atoms with E-state index in [0.29, 0.717) is 6.04 Å². The van der Waals surface area contributed by atoms with E-state index >= 15 is 0 Å². The van der Waals surface area contributed by atoms with Crippen LogP contribution >= 0.6 is 0 Å². The van der Waals surface area contributed by atoms with Gasteiger partial charge in [-0.25, -0.2) is 0 Å². The van der Waals surface area contributed by atoms with Crippen molar-refractivity contribution in [3.63, 3.8) is 0 Å². The van der Waals surface area contributed by atoms with E-state index in [1.54, 1.807) is 0 Å². The number of terminal acetylenes is 1. The van der Waals surface area contributed by atoms with Crippen molar-refractivity contribution in [3.05, 3.63) is 0 Å². The van der Waals surface area contributed by atoms with Crippen LogP contribution in [0.25, 0.3) is 0 Å². The second kappa shape index (κ2) is 7.78. The molecule has 0 aliphatic carbocycles. The van der Waals surface area contributed by atoms with Gasteiger partial charge in [0.1, 0.15) is 0 Å². The summed E-state index contributed by atoms with van der Waals surface area (Å²) in [5.74, 6) is 2.73. The van der Waals surface area contributed by atoms with Gasteiger partial charge in [-0.05, 0) is 33.2 Å².